The van der Waals surface area contributed by atoms with Gasteiger partial charge in [0.2, 0.25) is 5.78 Å². The highest BCUT2D eigenvalue weighted by Gasteiger charge is 2.63. The van der Waals surface area contributed by atoms with E-state index < -0.39 is 58.0 Å². The quantitative estimate of drug-likeness (QED) is 0.235. The summed E-state index contributed by atoms with van der Waals surface area (Å²) in [4.78, 5) is 48.1. The molecule has 0 saturated heterocycles. The fraction of sp³-hybridized carbons (Fsp3) is 0.355. The lowest BCUT2D eigenvalue weighted by Gasteiger charge is -2.50. The van der Waals surface area contributed by atoms with E-state index in [9.17, 15) is 34.1 Å². The second-order valence-corrected chi connectivity index (χ2v) is 12.8. The first kappa shape index (κ1) is 29.9. The average Bonchev–Trinajstić information content (AvgIpc) is 3.36. The molecule has 13 heteroatoms. The summed E-state index contributed by atoms with van der Waals surface area (Å²) < 4.78 is 19.4. The number of ketones is 2. The molecule has 3 aliphatic rings. The number of primary amides is 1. The van der Waals surface area contributed by atoms with Crippen molar-refractivity contribution in [2.45, 2.75) is 35.5 Å². The fourth-order valence-electron chi connectivity index (χ4n) is 6.85. The van der Waals surface area contributed by atoms with Crippen LogP contribution in [0.4, 0.5) is 10.1 Å². The van der Waals surface area contributed by atoms with Crippen LogP contribution in [0.25, 0.3) is 11.1 Å². The second-order valence-electron chi connectivity index (χ2n) is 11.8. The molecule has 0 fully saturated rings. The average molecular weight is 623 g/mol. The van der Waals surface area contributed by atoms with Crippen molar-refractivity contribution < 1.29 is 38.5 Å². The van der Waals surface area contributed by atoms with Gasteiger partial charge in [0.05, 0.1) is 11.6 Å². The third-order valence-electron chi connectivity index (χ3n) is 8.82. The van der Waals surface area contributed by atoms with E-state index in [2.05, 4.69) is 4.98 Å². The number of amides is 1. The van der Waals surface area contributed by atoms with Gasteiger partial charge in [0.1, 0.15) is 28.4 Å². The summed E-state index contributed by atoms with van der Waals surface area (Å²) in [7, 11) is 6.86. The maximum absolute atomic E-state index is 14.3. The van der Waals surface area contributed by atoms with Crippen LogP contribution in [0.2, 0.25) is 0 Å². The summed E-state index contributed by atoms with van der Waals surface area (Å²) in [5.41, 5.74) is 4.77. The number of nitrogens with zero attached hydrogens (tertiary/aromatic N) is 3. The Labute approximate surface area is 255 Å². The number of rotatable bonds is 6. The van der Waals surface area contributed by atoms with Crippen molar-refractivity contribution in [1.82, 2.24) is 9.88 Å². The Hall–Kier alpha value is -4.20. The number of allylic oxidation sites excluding steroid dienone is 1. The maximum atomic E-state index is 14.3. The number of aromatic nitrogens is 1. The first-order valence-corrected chi connectivity index (χ1v) is 14.9. The van der Waals surface area contributed by atoms with Crippen molar-refractivity contribution >= 4 is 46.0 Å². The zero-order chi connectivity index (χ0) is 31.8. The molecule has 4 atom stereocenters. The number of thioether (sulfide) groups is 1. The Balaban J connectivity index is 1.49. The number of nitrogens with two attached hydrogens (primary N) is 1. The number of anilines is 1. The molecule has 44 heavy (non-hydrogen) atoms. The number of Topliss-reactive ketones (excluding diaryl/α,β-unsaturated/α-hetero) is 2. The molecular formula is C31H31FN4O7S. The van der Waals surface area contributed by atoms with Gasteiger partial charge in [-0.15, -0.1) is 0 Å². The molecule has 0 unspecified atom stereocenters. The van der Waals surface area contributed by atoms with Crippen LogP contribution in [-0.2, 0) is 21.8 Å². The molecule has 1 amide bonds. The predicted octanol–water partition coefficient (Wildman–Crippen LogP) is 3.05. The van der Waals surface area contributed by atoms with Gasteiger partial charge in [-0.2, -0.15) is 0 Å². The monoisotopic (exact) mass is 622 g/mol. The van der Waals surface area contributed by atoms with Crippen LogP contribution < -0.4 is 10.6 Å². The number of hydrogen-bond acceptors (Lipinski definition) is 11. The normalized spacial score (nSPS) is 24.9. The number of halogens is 1. The minimum absolute atomic E-state index is 0.0475. The van der Waals surface area contributed by atoms with Crippen molar-refractivity contribution in [3.05, 3.63) is 75.5 Å². The van der Waals surface area contributed by atoms with Gasteiger partial charge < -0.3 is 30.4 Å². The van der Waals surface area contributed by atoms with Crippen LogP contribution in [0.3, 0.4) is 0 Å². The minimum atomic E-state index is -2.67. The molecule has 0 radical (unpaired) electrons. The molecule has 11 nitrogen and oxygen atoms in total. The van der Waals surface area contributed by atoms with Gasteiger partial charge in [-0.3, -0.25) is 19.3 Å². The van der Waals surface area contributed by atoms with Crippen molar-refractivity contribution in [1.29, 1.82) is 0 Å². The minimum Gasteiger partial charge on any atom is -0.510 e. The van der Waals surface area contributed by atoms with E-state index in [1.165, 1.54) is 28.8 Å². The van der Waals surface area contributed by atoms with Gasteiger partial charge in [0, 0.05) is 37.0 Å². The number of likely N-dealkylation sites (N-methyl/N-ethyl adjacent to an activating group) is 1. The van der Waals surface area contributed by atoms with Crippen LogP contribution in [0.1, 0.15) is 27.9 Å². The van der Waals surface area contributed by atoms with Crippen LogP contribution in [0.5, 0.6) is 0 Å². The van der Waals surface area contributed by atoms with Gasteiger partial charge in [-0.25, -0.2) is 9.37 Å². The molecular weight excluding hydrogens is 591 g/mol. The summed E-state index contributed by atoms with van der Waals surface area (Å²) in [6, 6.07) is 6.82. The number of hydrogen-bond donors (Lipinski definition) is 4. The number of fused-ring (bicyclic) bond motifs is 5. The summed E-state index contributed by atoms with van der Waals surface area (Å²) in [6.45, 7) is 0. The lowest BCUT2D eigenvalue weighted by Crippen LogP contribution is -2.63. The molecule has 1 aromatic heterocycles. The van der Waals surface area contributed by atoms with E-state index in [0.29, 0.717) is 22.5 Å². The van der Waals surface area contributed by atoms with E-state index in [0.717, 1.165) is 5.56 Å². The number of aliphatic hydroxyl groups excluding tert-OH is 2. The zero-order valence-corrected chi connectivity index (χ0v) is 25.2. The smallest absolute Gasteiger partial charge is 0.257 e. The topological polar surface area (TPSA) is 170 Å². The lowest BCUT2D eigenvalue weighted by molar-refractivity contribution is -0.148. The number of benzene rings is 2. The number of carbonyl (C=O) groups is 3. The second kappa shape index (κ2) is 10.5. The highest BCUT2D eigenvalue weighted by Crippen LogP contribution is 2.53. The molecule has 230 valence electrons. The van der Waals surface area contributed by atoms with Gasteiger partial charge in [0.15, 0.2) is 17.0 Å². The van der Waals surface area contributed by atoms with Gasteiger partial charge in [-0.05, 0) is 62.2 Å². The number of aliphatic hydroxyl groups is 3. The van der Waals surface area contributed by atoms with E-state index in [1.807, 2.05) is 25.1 Å². The first-order chi connectivity index (χ1) is 20.7. The van der Waals surface area contributed by atoms with Gasteiger partial charge >= 0.3 is 0 Å². The van der Waals surface area contributed by atoms with Crippen LogP contribution >= 0.6 is 11.8 Å². The van der Waals surface area contributed by atoms with Crippen molar-refractivity contribution in [2.75, 3.05) is 33.1 Å². The zero-order valence-electron chi connectivity index (χ0n) is 24.4. The van der Waals surface area contributed by atoms with E-state index in [1.54, 1.807) is 26.2 Å². The predicted molar refractivity (Wildman–Crippen MR) is 160 cm³/mol. The Kier molecular flexibility index (Phi) is 7.10. The molecule has 6 rings (SSSR count). The summed E-state index contributed by atoms with van der Waals surface area (Å²) in [5, 5.41) is 34.7. The van der Waals surface area contributed by atoms with Crippen LogP contribution in [0, 0.1) is 17.7 Å². The van der Waals surface area contributed by atoms with E-state index >= 15 is 0 Å². The highest BCUT2D eigenvalue weighted by atomic mass is 32.2. The van der Waals surface area contributed by atoms with Crippen molar-refractivity contribution in [3.63, 3.8) is 0 Å². The third kappa shape index (κ3) is 4.32. The third-order valence-corrected chi connectivity index (χ3v) is 9.72. The Morgan fingerprint density at radius 2 is 1.86 bits per heavy atom. The Morgan fingerprint density at radius 1 is 1.18 bits per heavy atom. The molecule has 3 aliphatic carbocycles. The SMILES string of the molecule is CN(C)c1cc2nc(SCc3ccc(F)cc3)oc2c2c1C[C@H]1C[C@H]3[C@H](N(C)C)C(O)=C(C(N)=O)C(=O)[C@@]3(O)C(O)=C1C2=O. The first-order valence-electron chi connectivity index (χ1n) is 13.9. The number of oxazole rings is 1. The lowest BCUT2D eigenvalue weighted by atomic mass is 9.58. The van der Waals surface area contributed by atoms with Crippen LogP contribution in [-0.4, -0.2) is 82.5 Å². The fourth-order valence-corrected chi connectivity index (χ4v) is 7.64. The van der Waals surface area contributed by atoms with Crippen molar-refractivity contribution in [2.24, 2.45) is 17.6 Å². The molecule has 0 saturated carbocycles. The van der Waals surface area contributed by atoms with Gasteiger partial charge in [0.25, 0.3) is 11.1 Å². The molecule has 2 aromatic carbocycles. The molecule has 0 spiro atoms. The summed E-state index contributed by atoms with van der Waals surface area (Å²) >= 11 is 1.27. The summed E-state index contributed by atoms with van der Waals surface area (Å²) in [6.07, 6.45) is 0.308. The molecule has 0 aliphatic heterocycles. The molecule has 0 bridgehead atoms. The van der Waals surface area contributed by atoms with Crippen molar-refractivity contribution in [3.8, 4) is 0 Å². The number of carbonyl (C=O) groups excluding carboxylic acids is 3. The maximum Gasteiger partial charge on any atom is 0.257 e. The van der Waals surface area contributed by atoms with Gasteiger partial charge in [-0.1, -0.05) is 23.9 Å². The molecule has 5 N–H and O–H groups in total. The Morgan fingerprint density at radius 3 is 2.48 bits per heavy atom. The Bertz CT molecular complexity index is 1810. The van der Waals surface area contributed by atoms with Crippen LogP contribution in [0.15, 0.2) is 62.6 Å². The molecule has 3 aromatic rings. The van der Waals surface area contributed by atoms with E-state index in [-0.39, 0.29) is 40.6 Å². The summed E-state index contributed by atoms with van der Waals surface area (Å²) in [5.74, 6) is -6.18. The largest absolute Gasteiger partial charge is 0.510 e. The highest BCUT2D eigenvalue weighted by molar-refractivity contribution is 7.98. The molecule has 1 heterocycles. The standard InChI is InChI=1S/C31H31FN4O7S/c1-35(2)19-11-18-26(43-30(34-18)44-12-13-5-7-15(32)8-6-13)21-16(19)9-14-10-17-23(36(3)4)25(38)22(29(33)41)28(40)31(17,42)27(39)20(14)24(21)37/h5-8,11,14,17,23,38-39,42H,9-10,12H2,1-4H3,(H2,33,41)/t14-,17-,23-,31-/m0/s1. The van der Waals surface area contributed by atoms with E-state index in [4.69, 9.17) is 10.2 Å².